The van der Waals surface area contributed by atoms with Crippen LogP contribution in [0.25, 0.3) is 0 Å². The van der Waals surface area contributed by atoms with Gasteiger partial charge in [-0.25, -0.2) is 0 Å². The van der Waals surface area contributed by atoms with E-state index in [1.807, 2.05) is 0 Å². The Hall–Kier alpha value is -0.390. The maximum absolute atomic E-state index is 9.72. The summed E-state index contributed by atoms with van der Waals surface area (Å²) >= 11 is 0. The van der Waals surface area contributed by atoms with E-state index in [2.05, 4.69) is 34.6 Å². The predicted molar refractivity (Wildman–Crippen MR) is 82.9 cm³/mol. The van der Waals surface area contributed by atoms with Crippen LogP contribution in [0, 0.1) is 0 Å². The molecule has 0 unspecified atom stereocenters. The van der Waals surface area contributed by atoms with Crippen molar-refractivity contribution in [2.75, 3.05) is 33.4 Å². The zero-order valence-electron chi connectivity index (χ0n) is 13.1. The minimum Gasteiger partial charge on any atom is -0.331 e. The molecule has 0 atom stereocenters. The quantitative estimate of drug-likeness (QED) is 0.308. The molecule has 0 amide bonds. The highest BCUT2D eigenvalue weighted by Crippen LogP contribution is 2.06. The minimum atomic E-state index is -3.79. The number of nitrogens with zero attached hydrogens (tertiary/aromatic N) is 1. The SMILES string of the molecule is C=CCS(=O)(=O)O.CCCCCCCC[N+](C)(C)C. The van der Waals surface area contributed by atoms with Crippen molar-refractivity contribution in [2.24, 2.45) is 0 Å². The second kappa shape index (κ2) is 11.4. The lowest BCUT2D eigenvalue weighted by molar-refractivity contribution is -0.870. The van der Waals surface area contributed by atoms with Gasteiger partial charge in [-0.2, -0.15) is 8.42 Å². The second-order valence-corrected chi connectivity index (χ2v) is 7.32. The maximum atomic E-state index is 9.72. The highest BCUT2D eigenvalue weighted by atomic mass is 32.2. The van der Waals surface area contributed by atoms with E-state index >= 15 is 0 Å². The topological polar surface area (TPSA) is 54.4 Å². The zero-order valence-corrected chi connectivity index (χ0v) is 13.9. The molecule has 4 nitrogen and oxygen atoms in total. The van der Waals surface area contributed by atoms with Crippen molar-refractivity contribution in [3.8, 4) is 0 Å². The van der Waals surface area contributed by atoms with Gasteiger partial charge >= 0.3 is 0 Å². The van der Waals surface area contributed by atoms with Crippen molar-refractivity contribution in [3.05, 3.63) is 12.7 Å². The monoisotopic (exact) mass is 294 g/mol. The van der Waals surface area contributed by atoms with Gasteiger partial charge in [-0.3, -0.25) is 4.55 Å². The molecule has 0 aliphatic rings. The van der Waals surface area contributed by atoms with Crippen molar-refractivity contribution in [1.29, 1.82) is 0 Å². The summed E-state index contributed by atoms with van der Waals surface area (Å²) in [5.74, 6) is -0.368. The Kier molecular flexibility index (Phi) is 12.6. The van der Waals surface area contributed by atoms with Crippen molar-refractivity contribution in [1.82, 2.24) is 0 Å². The Morgan fingerprint density at radius 3 is 1.84 bits per heavy atom. The number of rotatable bonds is 9. The van der Waals surface area contributed by atoms with Crippen LogP contribution in [0.5, 0.6) is 0 Å². The third-order valence-electron chi connectivity index (χ3n) is 2.51. The summed E-state index contributed by atoms with van der Waals surface area (Å²) in [5, 5.41) is 0. The first-order valence-electron chi connectivity index (χ1n) is 6.99. The number of hydrogen-bond donors (Lipinski definition) is 1. The van der Waals surface area contributed by atoms with Crippen LogP contribution in [-0.2, 0) is 10.1 Å². The van der Waals surface area contributed by atoms with Crippen molar-refractivity contribution >= 4 is 10.1 Å². The molecule has 0 aliphatic carbocycles. The molecule has 0 rings (SSSR count). The van der Waals surface area contributed by atoms with Gasteiger partial charge in [0.1, 0.15) is 0 Å². The number of quaternary nitrogens is 1. The smallest absolute Gasteiger partial charge is 0.268 e. The molecule has 5 heteroatoms. The van der Waals surface area contributed by atoms with E-state index in [0.717, 1.165) is 10.6 Å². The van der Waals surface area contributed by atoms with Gasteiger partial charge in [-0.15, -0.1) is 6.58 Å². The van der Waals surface area contributed by atoms with Gasteiger partial charge in [-0.1, -0.05) is 38.7 Å². The lowest BCUT2D eigenvalue weighted by atomic mass is 10.1. The lowest BCUT2D eigenvalue weighted by Crippen LogP contribution is -2.35. The van der Waals surface area contributed by atoms with Crippen LogP contribution in [0.4, 0.5) is 0 Å². The number of hydrogen-bond acceptors (Lipinski definition) is 2. The first kappa shape index (κ1) is 20.9. The van der Waals surface area contributed by atoms with Crippen LogP contribution in [0.1, 0.15) is 45.4 Å². The van der Waals surface area contributed by atoms with Gasteiger partial charge in [0.25, 0.3) is 10.1 Å². The summed E-state index contributed by atoms with van der Waals surface area (Å²) in [6, 6.07) is 0. The molecular weight excluding hydrogens is 262 g/mol. The van der Waals surface area contributed by atoms with Crippen LogP contribution in [0.15, 0.2) is 12.7 Å². The van der Waals surface area contributed by atoms with Crippen LogP contribution in [-0.4, -0.2) is 50.9 Å². The van der Waals surface area contributed by atoms with E-state index in [0.29, 0.717) is 0 Å². The van der Waals surface area contributed by atoms with E-state index < -0.39 is 10.1 Å². The highest BCUT2D eigenvalue weighted by Gasteiger charge is 2.04. The summed E-state index contributed by atoms with van der Waals surface area (Å²) in [7, 11) is 3.02. The second-order valence-electron chi connectivity index (χ2n) is 5.82. The Morgan fingerprint density at radius 2 is 1.53 bits per heavy atom. The first-order chi connectivity index (χ1) is 8.62. The fourth-order valence-electron chi connectivity index (χ4n) is 1.52. The molecule has 0 heterocycles. The van der Waals surface area contributed by atoms with Crippen molar-refractivity contribution in [3.63, 3.8) is 0 Å². The molecule has 0 spiro atoms. The molecule has 19 heavy (non-hydrogen) atoms. The van der Waals surface area contributed by atoms with E-state index in [4.69, 9.17) is 4.55 Å². The van der Waals surface area contributed by atoms with Gasteiger partial charge in [0.2, 0.25) is 0 Å². The summed E-state index contributed by atoms with van der Waals surface area (Å²) < 4.78 is 28.5. The lowest BCUT2D eigenvalue weighted by Gasteiger charge is -2.23. The molecule has 0 bridgehead atoms. The maximum Gasteiger partial charge on any atom is 0.268 e. The highest BCUT2D eigenvalue weighted by molar-refractivity contribution is 7.85. The van der Waals surface area contributed by atoms with Crippen molar-refractivity contribution < 1.29 is 17.5 Å². The summed E-state index contributed by atoms with van der Waals surface area (Å²) in [5.41, 5.74) is 0. The van der Waals surface area contributed by atoms with Gasteiger partial charge < -0.3 is 4.48 Å². The largest absolute Gasteiger partial charge is 0.331 e. The fourth-order valence-corrected chi connectivity index (χ4v) is 1.81. The molecule has 0 radical (unpaired) electrons. The first-order valence-corrected chi connectivity index (χ1v) is 8.60. The van der Waals surface area contributed by atoms with Crippen molar-refractivity contribution in [2.45, 2.75) is 45.4 Å². The Balaban J connectivity index is 0. The molecule has 0 saturated carbocycles. The summed E-state index contributed by atoms with van der Waals surface area (Å²) in [6.45, 7) is 6.70. The van der Waals surface area contributed by atoms with Gasteiger partial charge in [0, 0.05) is 0 Å². The van der Waals surface area contributed by atoms with E-state index in [1.54, 1.807) is 0 Å². The molecule has 0 fully saturated rings. The molecule has 0 saturated heterocycles. The van der Waals surface area contributed by atoms with E-state index in [-0.39, 0.29) is 5.75 Å². The third kappa shape index (κ3) is 27.0. The van der Waals surface area contributed by atoms with Crippen LogP contribution in [0.2, 0.25) is 0 Å². The normalized spacial score (nSPS) is 11.6. The van der Waals surface area contributed by atoms with Crippen LogP contribution in [0.3, 0.4) is 0 Å². The third-order valence-corrected chi connectivity index (χ3v) is 3.17. The molecule has 116 valence electrons. The van der Waals surface area contributed by atoms with Gasteiger partial charge in [-0.05, 0) is 12.8 Å². The Labute approximate surface area is 119 Å². The van der Waals surface area contributed by atoms with Crippen LogP contribution >= 0.6 is 0 Å². The Bertz CT molecular complexity index is 305. The minimum absolute atomic E-state index is 0.368. The average molecular weight is 294 g/mol. The van der Waals surface area contributed by atoms with Gasteiger partial charge in [0.05, 0.1) is 33.4 Å². The summed E-state index contributed by atoms with van der Waals surface area (Å²) in [6.07, 6.45) is 9.60. The molecule has 0 aromatic carbocycles. The fraction of sp³-hybridized carbons (Fsp3) is 0.857. The average Bonchev–Trinajstić information content (AvgIpc) is 2.21. The number of unbranched alkanes of at least 4 members (excludes halogenated alkanes) is 5. The van der Waals surface area contributed by atoms with E-state index in [1.165, 1.54) is 45.1 Å². The molecule has 0 aliphatic heterocycles. The summed E-state index contributed by atoms with van der Waals surface area (Å²) in [4.78, 5) is 0. The predicted octanol–water partition coefficient (Wildman–Crippen LogP) is 3.11. The van der Waals surface area contributed by atoms with Crippen LogP contribution < -0.4 is 0 Å². The van der Waals surface area contributed by atoms with E-state index in [9.17, 15) is 8.42 Å². The molecule has 0 aromatic rings. The standard InChI is InChI=1S/C11H26N.C3H6O3S/c1-5-6-7-8-9-10-11-12(2,3)4;1-2-3-7(4,5)6/h5-11H2,1-4H3;2H,1,3H2,(H,4,5,6)/q+1;. The van der Waals surface area contributed by atoms with Gasteiger partial charge in [0.15, 0.2) is 0 Å². The zero-order chi connectivity index (χ0) is 15.4. The molecule has 0 aromatic heterocycles. The molecule has 1 N–H and O–H groups in total. The molecular formula is C14H32NO3S+. The Morgan fingerprint density at radius 1 is 1.05 bits per heavy atom.